The number of nitrogens with zero attached hydrogens (tertiary/aromatic N) is 1. The number of hydrogen-bond acceptors (Lipinski definition) is 4. The highest BCUT2D eigenvalue weighted by Gasteiger charge is 2.26. The maximum absolute atomic E-state index is 11.3. The zero-order valence-corrected chi connectivity index (χ0v) is 12.2. The van der Waals surface area contributed by atoms with E-state index in [1.165, 1.54) is 6.42 Å². The minimum atomic E-state index is 0.114. The zero-order chi connectivity index (χ0) is 13.7. The molecule has 2 fully saturated rings. The standard InChI is InChI=1S/C14H27N3O2/c1-11(12-5-8-19-10-12)16-13-3-6-17(7-4-13)9-14(18)15-2/h11-13,16H,3-10H2,1-2H3,(H,15,18). The summed E-state index contributed by atoms with van der Waals surface area (Å²) in [5.41, 5.74) is 0. The predicted molar refractivity (Wildman–Crippen MR) is 75.1 cm³/mol. The van der Waals surface area contributed by atoms with Crippen LogP contribution in [0.25, 0.3) is 0 Å². The summed E-state index contributed by atoms with van der Waals surface area (Å²) in [6.45, 7) is 6.66. The van der Waals surface area contributed by atoms with E-state index in [4.69, 9.17) is 4.74 Å². The Kier molecular flexibility index (Phi) is 5.60. The van der Waals surface area contributed by atoms with Gasteiger partial charge in [0, 0.05) is 38.8 Å². The van der Waals surface area contributed by atoms with Gasteiger partial charge >= 0.3 is 0 Å². The summed E-state index contributed by atoms with van der Waals surface area (Å²) in [6, 6.07) is 1.13. The lowest BCUT2D eigenvalue weighted by atomic mass is 9.97. The lowest BCUT2D eigenvalue weighted by Gasteiger charge is -2.34. The van der Waals surface area contributed by atoms with Gasteiger partial charge in [-0.15, -0.1) is 0 Å². The molecule has 0 aromatic rings. The number of carbonyl (C=O) groups excluding carboxylic acids is 1. The van der Waals surface area contributed by atoms with E-state index in [0.717, 1.165) is 39.1 Å². The lowest BCUT2D eigenvalue weighted by molar-refractivity contribution is -0.122. The molecule has 19 heavy (non-hydrogen) atoms. The minimum absolute atomic E-state index is 0.114. The second kappa shape index (κ2) is 7.22. The number of nitrogens with one attached hydrogen (secondary N) is 2. The quantitative estimate of drug-likeness (QED) is 0.749. The Hall–Kier alpha value is -0.650. The first-order valence-corrected chi connectivity index (χ1v) is 7.45. The summed E-state index contributed by atoms with van der Waals surface area (Å²) in [5.74, 6) is 0.784. The number of piperidine rings is 1. The maximum atomic E-state index is 11.3. The molecule has 0 bridgehead atoms. The van der Waals surface area contributed by atoms with Crippen LogP contribution in [0.3, 0.4) is 0 Å². The summed E-state index contributed by atoms with van der Waals surface area (Å²) in [6.07, 6.45) is 3.45. The van der Waals surface area contributed by atoms with E-state index in [1.807, 2.05) is 0 Å². The molecule has 2 atom stereocenters. The Morgan fingerprint density at radius 1 is 1.37 bits per heavy atom. The zero-order valence-electron chi connectivity index (χ0n) is 12.2. The van der Waals surface area contributed by atoms with Crippen LogP contribution in [0, 0.1) is 5.92 Å². The number of rotatable bonds is 5. The molecule has 2 N–H and O–H groups in total. The van der Waals surface area contributed by atoms with Crippen molar-refractivity contribution in [3.8, 4) is 0 Å². The van der Waals surface area contributed by atoms with Crippen LogP contribution in [0.1, 0.15) is 26.2 Å². The van der Waals surface area contributed by atoms with Crippen LogP contribution in [0.15, 0.2) is 0 Å². The summed E-state index contributed by atoms with van der Waals surface area (Å²) in [5, 5.41) is 6.42. The molecule has 5 nitrogen and oxygen atoms in total. The summed E-state index contributed by atoms with van der Waals surface area (Å²) >= 11 is 0. The van der Waals surface area contributed by atoms with Crippen molar-refractivity contribution in [3.63, 3.8) is 0 Å². The van der Waals surface area contributed by atoms with Crippen LogP contribution >= 0.6 is 0 Å². The minimum Gasteiger partial charge on any atom is -0.381 e. The van der Waals surface area contributed by atoms with Crippen molar-refractivity contribution < 1.29 is 9.53 Å². The van der Waals surface area contributed by atoms with Crippen LogP contribution < -0.4 is 10.6 Å². The fourth-order valence-corrected chi connectivity index (χ4v) is 2.99. The van der Waals surface area contributed by atoms with Gasteiger partial charge in [-0.05, 0) is 32.1 Å². The normalized spacial score (nSPS) is 27.4. The molecule has 0 aromatic carbocycles. The Balaban J connectivity index is 1.66. The molecular formula is C14H27N3O2. The number of ether oxygens (including phenoxy) is 1. The molecule has 2 rings (SSSR count). The number of carbonyl (C=O) groups is 1. The molecular weight excluding hydrogens is 242 g/mol. The van der Waals surface area contributed by atoms with E-state index in [2.05, 4.69) is 22.5 Å². The van der Waals surface area contributed by atoms with E-state index in [0.29, 0.717) is 24.5 Å². The van der Waals surface area contributed by atoms with Gasteiger partial charge in [-0.1, -0.05) is 0 Å². The van der Waals surface area contributed by atoms with E-state index in [9.17, 15) is 4.79 Å². The first-order valence-electron chi connectivity index (χ1n) is 7.45. The van der Waals surface area contributed by atoms with Crippen molar-refractivity contribution in [2.24, 2.45) is 5.92 Å². The van der Waals surface area contributed by atoms with Gasteiger partial charge in [0.2, 0.25) is 5.91 Å². The van der Waals surface area contributed by atoms with Crippen LogP contribution in [0.2, 0.25) is 0 Å². The summed E-state index contributed by atoms with van der Waals surface area (Å²) in [4.78, 5) is 13.6. The van der Waals surface area contributed by atoms with Crippen LogP contribution in [-0.4, -0.2) is 62.8 Å². The SMILES string of the molecule is CNC(=O)CN1CCC(NC(C)C2CCOC2)CC1. The van der Waals surface area contributed by atoms with Crippen LogP contribution in [0.5, 0.6) is 0 Å². The van der Waals surface area contributed by atoms with Gasteiger partial charge in [-0.25, -0.2) is 0 Å². The number of likely N-dealkylation sites (N-methyl/N-ethyl adjacent to an activating group) is 1. The number of amides is 1. The third kappa shape index (κ3) is 4.44. The maximum Gasteiger partial charge on any atom is 0.233 e. The molecule has 110 valence electrons. The average Bonchev–Trinajstić information content (AvgIpc) is 2.95. The van der Waals surface area contributed by atoms with E-state index in [-0.39, 0.29) is 5.91 Å². The fraction of sp³-hybridized carbons (Fsp3) is 0.929. The number of likely N-dealkylation sites (tertiary alicyclic amines) is 1. The van der Waals surface area contributed by atoms with Gasteiger partial charge < -0.3 is 15.4 Å². The molecule has 2 aliphatic rings. The Morgan fingerprint density at radius 3 is 2.68 bits per heavy atom. The highest BCUT2D eigenvalue weighted by atomic mass is 16.5. The molecule has 0 aliphatic carbocycles. The van der Waals surface area contributed by atoms with Gasteiger partial charge in [0.05, 0.1) is 13.2 Å². The molecule has 2 saturated heterocycles. The van der Waals surface area contributed by atoms with Gasteiger partial charge in [0.15, 0.2) is 0 Å². The van der Waals surface area contributed by atoms with E-state index >= 15 is 0 Å². The fourth-order valence-electron chi connectivity index (χ4n) is 2.99. The third-order valence-electron chi connectivity index (χ3n) is 4.40. The monoisotopic (exact) mass is 269 g/mol. The number of hydrogen-bond donors (Lipinski definition) is 2. The molecule has 0 aromatic heterocycles. The highest BCUT2D eigenvalue weighted by molar-refractivity contribution is 5.77. The van der Waals surface area contributed by atoms with E-state index in [1.54, 1.807) is 7.05 Å². The summed E-state index contributed by atoms with van der Waals surface area (Å²) < 4.78 is 5.45. The molecule has 0 saturated carbocycles. The van der Waals surface area contributed by atoms with Crippen LogP contribution in [0.4, 0.5) is 0 Å². The second-order valence-electron chi connectivity index (χ2n) is 5.80. The highest BCUT2D eigenvalue weighted by Crippen LogP contribution is 2.19. The molecule has 2 aliphatic heterocycles. The van der Waals surface area contributed by atoms with Gasteiger partial charge in [0.1, 0.15) is 0 Å². The van der Waals surface area contributed by atoms with Gasteiger partial charge in [0.25, 0.3) is 0 Å². The molecule has 0 spiro atoms. The smallest absolute Gasteiger partial charge is 0.233 e. The van der Waals surface area contributed by atoms with Crippen molar-refractivity contribution in [1.82, 2.24) is 15.5 Å². The van der Waals surface area contributed by atoms with Crippen molar-refractivity contribution in [2.75, 3.05) is 39.9 Å². The topological polar surface area (TPSA) is 53.6 Å². The largest absolute Gasteiger partial charge is 0.381 e. The van der Waals surface area contributed by atoms with Gasteiger partial charge in [-0.2, -0.15) is 0 Å². The molecule has 2 unspecified atom stereocenters. The van der Waals surface area contributed by atoms with Crippen molar-refractivity contribution in [2.45, 2.75) is 38.3 Å². The lowest BCUT2D eigenvalue weighted by Crippen LogP contribution is -2.49. The van der Waals surface area contributed by atoms with E-state index < -0.39 is 0 Å². The second-order valence-corrected chi connectivity index (χ2v) is 5.80. The Morgan fingerprint density at radius 2 is 2.11 bits per heavy atom. The predicted octanol–water partition coefficient (Wildman–Crippen LogP) is 0.211. The molecule has 1 amide bonds. The van der Waals surface area contributed by atoms with Gasteiger partial charge in [-0.3, -0.25) is 9.69 Å². The Bertz CT molecular complexity index is 284. The van der Waals surface area contributed by atoms with Crippen molar-refractivity contribution >= 4 is 5.91 Å². The van der Waals surface area contributed by atoms with Crippen LogP contribution in [-0.2, 0) is 9.53 Å². The third-order valence-corrected chi connectivity index (χ3v) is 4.40. The molecule has 5 heteroatoms. The van der Waals surface area contributed by atoms with Crippen molar-refractivity contribution in [3.05, 3.63) is 0 Å². The molecule has 2 heterocycles. The molecule has 0 radical (unpaired) electrons. The summed E-state index contributed by atoms with van der Waals surface area (Å²) in [7, 11) is 1.70. The average molecular weight is 269 g/mol. The van der Waals surface area contributed by atoms with Crippen molar-refractivity contribution in [1.29, 1.82) is 0 Å². The first kappa shape index (κ1) is 14.8. The first-order chi connectivity index (χ1) is 9.19. The Labute approximate surface area is 116 Å².